The van der Waals surface area contributed by atoms with Crippen molar-refractivity contribution in [2.45, 2.75) is 63.2 Å². The SMILES string of the molecule is O=C1C[C@@H](c2ccc(OCCCCCCCCOc3ccc([C@H]4CC(=O)NC4=O)cc3)cc2)C(=O)N1. The Morgan fingerprint density at radius 3 is 1.25 bits per heavy atom. The normalized spacial score (nSPS) is 19.3. The summed E-state index contributed by atoms with van der Waals surface area (Å²) >= 11 is 0. The minimum atomic E-state index is -0.392. The summed E-state index contributed by atoms with van der Waals surface area (Å²) in [6, 6.07) is 14.8. The van der Waals surface area contributed by atoms with E-state index in [4.69, 9.17) is 9.47 Å². The number of imide groups is 2. The van der Waals surface area contributed by atoms with Crippen LogP contribution in [0.25, 0.3) is 0 Å². The van der Waals surface area contributed by atoms with E-state index in [1.807, 2.05) is 48.5 Å². The summed E-state index contributed by atoms with van der Waals surface area (Å²) < 4.78 is 11.6. The highest BCUT2D eigenvalue weighted by Crippen LogP contribution is 2.27. The summed E-state index contributed by atoms with van der Waals surface area (Å²) in [5, 5.41) is 4.67. The largest absolute Gasteiger partial charge is 0.494 e. The number of hydrogen-bond donors (Lipinski definition) is 2. The Morgan fingerprint density at radius 1 is 0.556 bits per heavy atom. The minimum Gasteiger partial charge on any atom is -0.494 e. The first-order valence-electron chi connectivity index (χ1n) is 12.6. The first kappa shape index (κ1) is 25.4. The summed E-state index contributed by atoms with van der Waals surface area (Å²) in [5.74, 6) is -0.147. The van der Waals surface area contributed by atoms with Crippen molar-refractivity contribution in [3.8, 4) is 11.5 Å². The van der Waals surface area contributed by atoms with Crippen molar-refractivity contribution in [1.29, 1.82) is 0 Å². The maximum Gasteiger partial charge on any atom is 0.234 e. The maximum atomic E-state index is 11.8. The zero-order valence-corrected chi connectivity index (χ0v) is 20.3. The molecule has 2 aromatic carbocycles. The lowest BCUT2D eigenvalue weighted by Crippen LogP contribution is -2.21. The van der Waals surface area contributed by atoms with E-state index >= 15 is 0 Å². The van der Waals surface area contributed by atoms with Gasteiger partial charge in [0.25, 0.3) is 0 Å². The monoisotopic (exact) mass is 492 g/mol. The number of amides is 4. The van der Waals surface area contributed by atoms with Crippen LogP contribution in [-0.2, 0) is 19.2 Å². The number of ether oxygens (including phenoxy) is 2. The van der Waals surface area contributed by atoms with Crippen molar-refractivity contribution in [1.82, 2.24) is 10.6 Å². The molecule has 0 radical (unpaired) electrons. The van der Waals surface area contributed by atoms with E-state index < -0.39 is 11.8 Å². The number of carbonyl (C=O) groups excluding carboxylic acids is 4. The number of nitrogens with one attached hydrogen (secondary N) is 2. The molecule has 0 unspecified atom stereocenters. The van der Waals surface area contributed by atoms with Gasteiger partial charge < -0.3 is 9.47 Å². The van der Waals surface area contributed by atoms with E-state index in [1.54, 1.807) is 0 Å². The van der Waals surface area contributed by atoms with Crippen molar-refractivity contribution < 1.29 is 28.7 Å². The zero-order chi connectivity index (χ0) is 25.3. The Hall–Kier alpha value is -3.68. The van der Waals surface area contributed by atoms with Gasteiger partial charge in [0.2, 0.25) is 23.6 Å². The average Bonchev–Trinajstić information content (AvgIpc) is 3.40. The Morgan fingerprint density at radius 2 is 0.917 bits per heavy atom. The molecule has 4 rings (SSSR count). The summed E-state index contributed by atoms with van der Waals surface area (Å²) in [7, 11) is 0. The molecule has 2 fully saturated rings. The molecular weight excluding hydrogens is 460 g/mol. The van der Waals surface area contributed by atoms with E-state index in [9.17, 15) is 19.2 Å². The third-order valence-corrected chi connectivity index (χ3v) is 6.58. The second-order valence-electron chi connectivity index (χ2n) is 9.29. The van der Waals surface area contributed by atoms with Gasteiger partial charge in [0, 0.05) is 12.8 Å². The van der Waals surface area contributed by atoms with Crippen LogP contribution in [0.3, 0.4) is 0 Å². The van der Waals surface area contributed by atoms with Crippen molar-refractivity contribution in [2.24, 2.45) is 0 Å². The molecule has 4 amide bonds. The summed E-state index contributed by atoms with van der Waals surface area (Å²) in [5.41, 5.74) is 1.67. The van der Waals surface area contributed by atoms with Crippen LogP contribution in [0.2, 0.25) is 0 Å². The molecule has 2 N–H and O–H groups in total. The van der Waals surface area contributed by atoms with E-state index in [0.29, 0.717) is 13.2 Å². The Balaban J connectivity index is 1.02. The van der Waals surface area contributed by atoms with Crippen molar-refractivity contribution in [3.05, 3.63) is 59.7 Å². The van der Waals surface area contributed by atoms with Crippen LogP contribution in [0.4, 0.5) is 0 Å². The van der Waals surface area contributed by atoms with Gasteiger partial charge in [-0.2, -0.15) is 0 Å². The molecule has 0 bridgehead atoms. The van der Waals surface area contributed by atoms with Crippen molar-refractivity contribution >= 4 is 23.6 Å². The van der Waals surface area contributed by atoms with Gasteiger partial charge in [0.1, 0.15) is 11.5 Å². The molecular formula is C28H32N2O6. The van der Waals surface area contributed by atoms with Gasteiger partial charge in [-0.3, -0.25) is 29.8 Å². The molecule has 0 spiro atoms. The Bertz CT molecular complexity index is 993. The highest BCUT2D eigenvalue weighted by Gasteiger charge is 2.32. The van der Waals surface area contributed by atoms with Crippen LogP contribution in [0.1, 0.15) is 74.3 Å². The summed E-state index contributed by atoms with van der Waals surface area (Å²) in [6.45, 7) is 1.30. The van der Waals surface area contributed by atoms with Gasteiger partial charge in [-0.25, -0.2) is 0 Å². The second-order valence-corrected chi connectivity index (χ2v) is 9.29. The van der Waals surface area contributed by atoms with Crippen LogP contribution in [0, 0.1) is 0 Å². The zero-order valence-electron chi connectivity index (χ0n) is 20.3. The fourth-order valence-electron chi connectivity index (χ4n) is 4.53. The highest BCUT2D eigenvalue weighted by atomic mass is 16.5. The topological polar surface area (TPSA) is 111 Å². The quantitative estimate of drug-likeness (QED) is 0.326. The van der Waals surface area contributed by atoms with Crippen LogP contribution < -0.4 is 20.1 Å². The number of carbonyl (C=O) groups is 4. The highest BCUT2D eigenvalue weighted by molar-refractivity contribution is 6.06. The lowest BCUT2D eigenvalue weighted by Gasteiger charge is -2.10. The van der Waals surface area contributed by atoms with Crippen LogP contribution >= 0.6 is 0 Å². The molecule has 190 valence electrons. The third kappa shape index (κ3) is 6.93. The molecule has 2 saturated heterocycles. The van der Waals surface area contributed by atoms with E-state index in [-0.39, 0.29) is 36.5 Å². The van der Waals surface area contributed by atoms with E-state index in [1.165, 1.54) is 0 Å². The number of benzene rings is 2. The lowest BCUT2D eigenvalue weighted by atomic mass is 9.98. The Kier molecular flexibility index (Phi) is 8.71. The molecule has 36 heavy (non-hydrogen) atoms. The van der Waals surface area contributed by atoms with Crippen LogP contribution in [-0.4, -0.2) is 36.8 Å². The summed E-state index contributed by atoms with van der Waals surface area (Å²) in [4.78, 5) is 46.2. The first-order valence-corrected chi connectivity index (χ1v) is 12.6. The minimum absolute atomic E-state index is 0.212. The molecule has 8 heteroatoms. The van der Waals surface area contributed by atoms with Gasteiger partial charge in [0.05, 0.1) is 25.0 Å². The van der Waals surface area contributed by atoms with Gasteiger partial charge in [-0.15, -0.1) is 0 Å². The second kappa shape index (κ2) is 12.3. The van der Waals surface area contributed by atoms with E-state index in [2.05, 4.69) is 10.6 Å². The predicted molar refractivity (Wildman–Crippen MR) is 133 cm³/mol. The van der Waals surface area contributed by atoms with Gasteiger partial charge in [-0.1, -0.05) is 49.9 Å². The summed E-state index contributed by atoms with van der Waals surface area (Å²) in [6.07, 6.45) is 6.87. The molecule has 0 aliphatic carbocycles. The van der Waals surface area contributed by atoms with Crippen LogP contribution in [0.15, 0.2) is 48.5 Å². The molecule has 0 aromatic heterocycles. The standard InChI is InChI=1S/C28H32N2O6/c31-25-17-23(27(33)29-25)19-7-11-21(12-8-19)35-15-5-3-1-2-4-6-16-36-22-13-9-20(10-14-22)24-18-26(32)30-28(24)34/h7-14,23-24H,1-6,15-18H2,(H,29,31,33)(H,30,32,34)/t23-,24+. The van der Waals surface area contributed by atoms with Crippen LogP contribution in [0.5, 0.6) is 11.5 Å². The Labute approximate surface area is 210 Å². The fourth-order valence-corrected chi connectivity index (χ4v) is 4.53. The molecule has 2 aliphatic heterocycles. The smallest absolute Gasteiger partial charge is 0.234 e. The van der Waals surface area contributed by atoms with Gasteiger partial charge in [0.15, 0.2) is 0 Å². The predicted octanol–water partition coefficient (Wildman–Crippen LogP) is 3.75. The molecule has 8 nitrogen and oxygen atoms in total. The number of rotatable bonds is 13. The first-order chi connectivity index (χ1) is 17.5. The fraction of sp³-hybridized carbons (Fsp3) is 0.429. The lowest BCUT2D eigenvalue weighted by molar-refractivity contribution is -0.126. The van der Waals surface area contributed by atoms with E-state index in [0.717, 1.165) is 61.2 Å². The molecule has 2 atom stereocenters. The van der Waals surface area contributed by atoms with Gasteiger partial charge >= 0.3 is 0 Å². The molecule has 0 saturated carbocycles. The number of hydrogen-bond acceptors (Lipinski definition) is 6. The van der Waals surface area contributed by atoms with Gasteiger partial charge in [-0.05, 0) is 48.2 Å². The van der Waals surface area contributed by atoms with Crippen molar-refractivity contribution in [3.63, 3.8) is 0 Å². The number of unbranched alkanes of at least 4 members (excludes halogenated alkanes) is 5. The van der Waals surface area contributed by atoms with Crippen molar-refractivity contribution in [2.75, 3.05) is 13.2 Å². The maximum absolute atomic E-state index is 11.8. The molecule has 2 heterocycles. The molecule has 2 aliphatic rings. The third-order valence-electron chi connectivity index (χ3n) is 6.58. The average molecular weight is 493 g/mol. The molecule has 2 aromatic rings.